The van der Waals surface area contributed by atoms with Crippen molar-refractivity contribution in [1.29, 1.82) is 0 Å². The van der Waals surface area contributed by atoms with Crippen molar-refractivity contribution in [3.8, 4) is 0 Å². The zero-order chi connectivity index (χ0) is 14.2. The average Bonchev–Trinajstić information content (AvgIpc) is 2.80. The second-order valence-corrected chi connectivity index (χ2v) is 5.07. The summed E-state index contributed by atoms with van der Waals surface area (Å²) in [6.45, 7) is 9.43. The minimum atomic E-state index is -0.983. The molecule has 4 nitrogen and oxygen atoms in total. The van der Waals surface area contributed by atoms with Crippen LogP contribution >= 0.6 is 0 Å². The Morgan fingerprint density at radius 3 is 2.84 bits per heavy atom. The van der Waals surface area contributed by atoms with E-state index < -0.39 is 12.2 Å². The lowest BCUT2D eigenvalue weighted by Crippen LogP contribution is -2.40. The van der Waals surface area contributed by atoms with Crippen molar-refractivity contribution >= 4 is 5.90 Å². The third-order valence-electron chi connectivity index (χ3n) is 3.83. The molecule has 5 heteroatoms. The van der Waals surface area contributed by atoms with Gasteiger partial charge in [-0.25, -0.2) is 9.82 Å². The van der Waals surface area contributed by atoms with Gasteiger partial charge in [-0.2, -0.15) is 0 Å². The van der Waals surface area contributed by atoms with E-state index in [0.717, 1.165) is 16.7 Å². The Hall–Kier alpha value is -1.62. The van der Waals surface area contributed by atoms with E-state index in [4.69, 9.17) is 10.5 Å². The van der Waals surface area contributed by atoms with E-state index in [-0.39, 0.29) is 5.92 Å². The number of hydrazone groups is 1. The minimum absolute atomic E-state index is 0.176. The summed E-state index contributed by atoms with van der Waals surface area (Å²) in [6, 6.07) is -0.485. The van der Waals surface area contributed by atoms with Crippen LogP contribution in [0, 0.1) is 5.92 Å². The van der Waals surface area contributed by atoms with E-state index in [1.54, 1.807) is 0 Å². The number of alkyl halides is 1. The summed E-state index contributed by atoms with van der Waals surface area (Å²) in [5.74, 6) is 0.530. The molecule has 104 valence electrons. The molecule has 0 saturated heterocycles. The number of ether oxygens (including phenoxy) is 1. The number of nitrogens with zero attached hydrogens (tertiary/aromatic N) is 1. The Morgan fingerprint density at radius 2 is 2.26 bits per heavy atom. The molecule has 2 rings (SSSR count). The van der Waals surface area contributed by atoms with Crippen molar-refractivity contribution in [2.75, 3.05) is 0 Å². The molecule has 0 aromatic heterocycles. The monoisotopic (exact) mass is 265 g/mol. The van der Waals surface area contributed by atoms with Gasteiger partial charge in [0.05, 0.1) is 6.04 Å². The first kappa shape index (κ1) is 13.8. The smallest absolute Gasteiger partial charge is 0.231 e. The van der Waals surface area contributed by atoms with Crippen molar-refractivity contribution in [3.63, 3.8) is 0 Å². The lowest BCUT2D eigenvalue weighted by atomic mass is 9.81. The number of hydrogen-bond donors (Lipinski definition) is 2. The van der Waals surface area contributed by atoms with Crippen LogP contribution in [0.25, 0.3) is 0 Å². The Bertz CT molecular complexity index is 493. The van der Waals surface area contributed by atoms with Crippen molar-refractivity contribution in [2.45, 2.75) is 39.4 Å². The Labute approximate surface area is 112 Å². The summed E-state index contributed by atoms with van der Waals surface area (Å²) in [5, 5.41) is 3.96. The van der Waals surface area contributed by atoms with Crippen LogP contribution < -0.4 is 11.2 Å². The lowest BCUT2D eigenvalue weighted by Gasteiger charge is -2.29. The van der Waals surface area contributed by atoms with Gasteiger partial charge in [0, 0.05) is 12.3 Å². The van der Waals surface area contributed by atoms with Crippen LogP contribution in [-0.2, 0) is 4.74 Å². The maximum atomic E-state index is 14.2. The number of nitrogens with two attached hydrogens (primary N) is 1. The summed E-state index contributed by atoms with van der Waals surface area (Å²) >= 11 is 0. The maximum Gasteiger partial charge on any atom is 0.231 e. The van der Waals surface area contributed by atoms with Crippen LogP contribution in [0.3, 0.4) is 0 Å². The summed E-state index contributed by atoms with van der Waals surface area (Å²) in [5.41, 5.74) is 11.6. The molecule has 1 unspecified atom stereocenters. The molecule has 0 saturated carbocycles. The van der Waals surface area contributed by atoms with E-state index in [1.807, 2.05) is 26.8 Å². The molecule has 2 aliphatic rings. The molecule has 0 bridgehead atoms. The first-order valence-electron chi connectivity index (χ1n) is 6.39. The Kier molecular flexibility index (Phi) is 3.75. The molecule has 19 heavy (non-hydrogen) atoms. The number of rotatable bonds is 3. The highest BCUT2D eigenvalue weighted by molar-refractivity contribution is 5.84. The minimum Gasteiger partial charge on any atom is -0.423 e. The third kappa shape index (κ3) is 2.56. The van der Waals surface area contributed by atoms with E-state index in [9.17, 15) is 4.39 Å². The Morgan fingerprint density at radius 1 is 1.58 bits per heavy atom. The zero-order valence-electron chi connectivity index (χ0n) is 11.5. The normalized spacial score (nSPS) is 26.4. The second-order valence-electron chi connectivity index (χ2n) is 5.07. The quantitative estimate of drug-likeness (QED) is 0.823. The molecule has 0 radical (unpaired) electrons. The average molecular weight is 265 g/mol. The molecular weight excluding hydrogens is 245 g/mol. The van der Waals surface area contributed by atoms with E-state index in [1.165, 1.54) is 0 Å². The van der Waals surface area contributed by atoms with Crippen LogP contribution in [0.5, 0.6) is 0 Å². The van der Waals surface area contributed by atoms with Gasteiger partial charge in [0.15, 0.2) is 0 Å². The first-order chi connectivity index (χ1) is 8.91. The molecule has 0 aromatic rings. The highest BCUT2D eigenvalue weighted by Crippen LogP contribution is 2.33. The molecule has 0 fully saturated rings. The summed E-state index contributed by atoms with van der Waals surface area (Å²) in [4.78, 5) is 0. The molecule has 3 N–H and O–H groups in total. The van der Waals surface area contributed by atoms with Gasteiger partial charge in [0.25, 0.3) is 0 Å². The molecule has 1 aliphatic carbocycles. The topological polar surface area (TPSA) is 59.6 Å². The lowest BCUT2D eigenvalue weighted by molar-refractivity contribution is 0.334. The molecule has 1 heterocycles. The summed E-state index contributed by atoms with van der Waals surface area (Å²) in [7, 11) is 0. The molecule has 0 amide bonds. The summed E-state index contributed by atoms with van der Waals surface area (Å²) in [6.07, 6.45) is 1.35. The second kappa shape index (κ2) is 5.17. The molecule has 1 aliphatic heterocycles. The molecule has 3 atom stereocenters. The molecule has 0 aromatic carbocycles. The van der Waals surface area contributed by atoms with E-state index in [0.29, 0.717) is 18.2 Å². The Balaban J connectivity index is 2.23. The van der Waals surface area contributed by atoms with Crippen LogP contribution in [0.1, 0.15) is 27.2 Å². The van der Waals surface area contributed by atoms with Crippen molar-refractivity contribution in [3.05, 3.63) is 35.3 Å². The zero-order valence-corrected chi connectivity index (χ0v) is 11.5. The van der Waals surface area contributed by atoms with Crippen molar-refractivity contribution in [2.24, 2.45) is 16.8 Å². The van der Waals surface area contributed by atoms with Crippen molar-refractivity contribution in [1.82, 2.24) is 5.43 Å². The van der Waals surface area contributed by atoms with Gasteiger partial charge in [0.1, 0.15) is 6.17 Å². The fourth-order valence-corrected chi connectivity index (χ4v) is 2.49. The highest BCUT2D eigenvalue weighted by atomic mass is 19.1. The molecule has 0 spiro atoms. The fourth-order valence-electron chi connectivity index (χ4n) is 2.49. The van der Waals surface area contributed by atoms with Crippen LogP contribution in [0.4, 0.5) is 4.39 Å². The van der Waals surface area contributed by atoms with Gasteiger partial charge in [-0.05, 0) is 31.6 Å². The van der Waals surface area contributed by atoms with Gasteiger partial charge in [-0.3, -0.25) is 0 Å². The third-order valence-corrected chi connectivity index (χ3v) is 3.83. The largest absolute Gasteiger partial charge is 0.423 e. The predicted octanol–water partition coefficient (Wildman–Crippen LogP) is 2.36. The van der Waals surface area contributed by atoms with Crippen LogP contribution in [-0.4, -0.2) is 18.1 Å². The molecular formula is C14H20FN3O. The fraction of sp³-hybridized carbons (Fsp3) is 0.500. The maximum absolute atomic E-state index is 14.2. The van der Waals surface area contributed by atoms with Gasteiger partial charge in [-0.15, -0.1) is 5.10 Å². The number of halogens is 1. The SMILES string of the molecule is C=C1NN=C([C@@H](N)[C@H](C)C2=C(C)C(C)=CCC2F)O1. The predicted molar refractivity (Wildman–Crippen MR) is 73.9 cm³/mol. The van der Waals surface area contributed by atoms with Crippen LogP contribution in [0.15, 0.2) is 40.4 Å². The summed E-state index contributed by atoms with van der Waals surface area (Å²) < 4.78 is 19.5. The number of hydrogen-bond acceptors (Lipinski definition) is 4. The number of nitrogens with one attached hydrogen (secondary N) is 1. The highest BCUT2D eigenvalue weighted by Gasteiger charge is 2.32. The van der Waals surface area contributed by atoms with Gasteiger partial charge >= 0.3 is 0 Å². The van der Waals surface area contributed by atoms with E-state index >= 15 is 0 Å². The standard InChI is InChI=1S/C14H20FN3O/c1-7-5-6-11(15)12(8(7)2)9(3)13(16)14-18-17-10(4)19-14/h5,9,11,13,17H,4,6,16H2,1-3H3/t9-,11?,13+/m1/s1. The van der Waals surface area contributed by atoms with Gasteiger partial charge in [-0.1, -0.05) is 18.6 Å². The number of allylic oxidation sites excluding steroid dienone is 3. The van der Waals surface area contributed by atoms with Gasteiger partial charge in [0.2, 0.25) is 11.8 Å². The van der Waals surface area contributed by atoms with Crippen LogP contribution in [0.2, 0.25) is 0 Å². The van der Waals surface area contributed by atoms with Gasteiger partial charge < -0.3 is 10.5 Å². The van der Waals surface area contributed by atoms with E-state index in [2.05, 4.69) is 17.1 Å². The van der Waals surface area contributed by atoms with Crippen molar-refractivity contribution < 1.29 is 9.13 Å². The first-order valence-corrected chi connectivity index (χ1v) is 6.39.